The van der Waals surface area contributed by atoms with Crippen molar-refractivity contribution in [3.05, 3.63) is 48.8 Å². The predicted molar refractivity (Wildman–Crippen MR) is 72.4 cm³/mol. The number of nitrogens with one attached hydrogen (secondary N) is 1. The second kappa shape index (κ2) is 5.31. The number of hydrogen-bond donors (Lipinski definition) is 1. The van der Waals surface area contributed by atoms with Crippen LogP contribution in [0.1, 0.15) is 0 Å². The van der Waals surface area contributed by atoms with Gasteiger partial charge in [-0.3, -0.25) is 4.98 Å². The van der Waals surface area contributed by atoms with Gasteiger partial charge in [-0.1, -0.05) is 18.2 Å². The number of nitrogens with zero attached hydrogens (tertiary/aromatic N) is 2. The summed E-state index contributed by atoms with van der Waals surface area (Å²) in [5.74, 6) is 0. The van der Waals surface area contributed by atoms with Gasteiger partial charge in [0.15, 0.2) is 0 Å². The molecule has 0 saturated carbocycles. The van der Waals surface area contributed by atoms with Crippen molar-refractivity contribution in [2.45, 2.75) is 0 Å². The molecule has 2 rings (SSSR count). The van der Waals surface area contributed by atoms with Crippen LogP contribution in [-0.2, 0) is 0 Å². The van der Waals surface area contributed by atoms with E-state index in [-0.39, 0.29) is 6.03 Å². The minimum absolute atomic E-state index is 0.135. The Morgan fingerprint density at radius 2 is 1.83 bits per heavy atom. The summed E-state index contributed by atoms with van der Waals surface area (Å²) in [5.41, 5.74) is 2.91. The van der Waals surface area contributed by atoms with Crippen LogP contribution in [0.2, 0.25) is 0 Å². The number of amides is 2. The second-order valence-electron chi connectivity index (χ2n) is 4.14. The van der Waals surface area contributed by atoms with Gasteiger partial charge in [-0.25, -0.2) is 4.79 Å². The third-order valence-corrected chi connectivity index (χ3v) is 2.54. The van der Waals surface area contributed by atoms with E-state index in [1.165, 1.54) is 4.90 Å². The minimum atomic E-state index is -0.135. The average Bonchev–Trinajstić information content (AvgIpc) is 2.40. The molecule has 2 aromatic rings. The first-order chi connectivity index (χ1) is 8.66. The van der Waals surface area contributed by atoms with Gasteiger partial charge in [0, 0.05) is 32.2 Å². The van der Waals surface area contributed by atoms with E-state index >= 15 is 0 Å². The van der Waals surface area contributed by atoms with Crippen LogP contribution in [0.15, 0.2) is 48.8 Å². The summed E-state index contributed by atoms with van der Waals surface area (Å²) in [6.07, 6.45) is 3.56. The van der Waals surface area contributed by atoms with Crippen LogP contribution in [0.5, 0.6) is 0 Å². The molecule has 4 heteroatoms. The molecule has 0 aliphatic heterocycles. The second-order valence-corrected chi connectivity index (χ2v) is 4.14. The fourth-order valence-corrected chi connectivity index (χ4v) is 1.51. The first kappa shape index (κ1) is 12.1. The Balaban J connectivity index is 2.13. The minimum Gasteiger partial charge on any atom is -0.331 e. The van der Waals surface area contributed by atoms with Crippen molar-refractivity contribution in [2.24, 2.45) is 0 Å². The molecule has 0 aliphatic carbocycles. The quantitative estimate of drug-likeness (QED) is 0.878. The molecule has 0 spiro atoms. The molecule has 0 saturated heterocycles. The van der Waals surface area contributed by atoms with E-state index in [1.807, 2.05) is 42.6 Å². The maximum absolute atomic E-state index is 11.5. The number of anilines is 1. The lowest BCUT2D eigenvalue weighted by atomic mass is 10.1. The number of rotatable bonds is 2. The Morgan fingerprint density at radius 3 is 2.39 bits per heavy atom. The number of carbonyl (C=O) groups is 1. The lowest BCUT2D eigenvalue weighted by Crippen LogP contribution is -2.27. The summed E-state index contributed by atoms with van der Waals surface area (Å²) in [6.45, 7) is 0. The summed E-state index contributed by atoms with van der Waals surface area (Å²) < 4.78 is 0. The maximum atomic E-state index is 11.5. The summed E-state index contributed by atoms with van der Waals surface area (Å²) in [6, 6.07) is 11.4. The zero-order chi connectivity index (χ0) is 13.0. The van der Waals surface area contributed by atoms with Crippen LogP contribution in [0.25, 0.3) is 11.1 Å². The van der Waals surface area contributed by atoms with Crippen LogP contribution in [0.4, 0.5) is 10.5 Å². The summed E-state index contributed by atoms with van der Waals surface area (Å²) in [4.78, 5) is 17.0. The first-order valence-electron chi connectivity index (χ1n) is 5.65. The highest BCUT2D eigenvalue weighted by atomic mass is 16.2. The van der Waals surface area contributed by atoms with E-state index in [1.54, 1.807) is 20.3 Å². The zero-order valence-corrected chi connectivity index (χ0v) is 10.4. The molecule has 0 aliphatic rings. The highest BCUT2D eigenvalue weighted by Crippen LogP contribution is 2.20. The number of pyridine rings is 1. The van der Waals surface area contributed by atoms with Crippen LogP contribution >= 0.6 is 0 Å². The number of aromatic nitrogens is 1. The third-order valence-electron chi connectivity index (χ3n) is 2.54. The van der Waals surface area contributed by atoms with Gasteiger partial charge in [-0.2, -0.15) is 0 Å². The molecule has 1 aromatic heterocycles. The Hall–Kier alpha value is -2.36. The predicted octanol–water partition coefficient (Wildman–Crippen LogP) is 2.84. The zero-order valence-electron chi connectivity index (χ0n) is 10.4. The summed E-state index contributed by atoms with van der Waals surface area (Å²) >= 11 is 0. The number of hydrogen-bond acceptors (Lipinski definition) is 2. The molecule has 18 heavy (non-hydrogen) atoms. The number of carbonyl (C=O) groups excluding carboxylic acids is 1. The first-order valence-corrected chi connectivity index (χ1v) is 5.65. The third kappa shape index (κ3) is 2.85. The normalized spacial score (nSPS) is 9.89. The lowest BCUT2D eigenvalue weighted by molar-refractivity contribution is 0.230. The van der Waals surface area contributed by atoms with E-state index in [0.717, 1.165) is 16.8 Å². The fraction of sp³-hybridized carbons (Fsp3) is 0.143. The van der Waals surface area contributed by atoms with Crippen molar-refractivity contribution < 1.29 is 4.79 Å². The Kier molecular flexibility index (Phi) is 3.57. The van der Waals surface area contributed by atoms with Crippen molar-refractivity contribution in [1.82, 2.24) is 9.88 Å². The summed E-state index contributed by atoms with van der Waals surface area (Å²) in [5, 5.41) is 2.79. The molecule has 2 amide bonds. The topological polar surface area (TPSA) is 45.2 Å². The smallest absolute Gasteiger partial charge is 0.321 e. The molecule has 0 bridgehead atoms. The molecule has 1 N–H and O–H groups in total. The number of urea groups is 1. The van der Waals surface area contributed by atoms with E-state index in [2.05, 4.69) is 10.3 Å². The van der Waals surface area contributed by atoms with E-state index in [4.69, 9.17) is 0 Å². The van der Waals surface area contributed by atoms with Gasteiger partial charge in [-0.05, 0) is 29.3 Å². The fourth-order valence-electron chi connectivity index (χ4n) is 1.51. The maximum Gasteiger partial charge on any atom is 0.321 e. The highest BCUT2D eigenvalue weighted by Gasteiger charge is 2.03. The van der Waals surface area contributed by atoms with Crippen LogP contribution in [-0.4, -0.2) is 30.0 Å². The van der Waals surface area contributed by atoms with Gasteiger partial charge < -0.3 is 10.2 Å². The molecule has 4 nitrogen and oxygen atoms in total. The van der Waals surface area contributed by atoms with Crippen molar-refractivity contribution in [3.63, 3.8) is 0 Å². The van der Waals surface area contributed by atoms with Crippen molar-refractivity contribution in [3.8, 4) is 11.1 Å². The Morgan fingerprint density at radius 1 is 1.11 bits per heavy atom. The van der Waals surface area contributed by atoms with Crippen LogP contribution < -0.4 is 5.32 Å². The Bertz CT molecular complexity index is 520. The van der Waals surface area contributed by atoms with Gasteiger partial charge in [0.2, 0.25) is 0 Å². The average molecular weight is 241 g/mol. The molecular weight excluding hydrogens is 226 g/mol. The van der Waals surface area contributed by atoms with Crippen molar-refractivity contribution in [1.29, 1.82) is 0 Å². The monoisotopic (exact) mass is 241 g/mol. The largest absolute Gasteiger partial charge is 0.331 e. The molecule has 92 valence electrons. The van der Waals surface area contributed by atoms with E-state index < -0.39 is 0 Å². The number of benzene rings is 1. The van der Waals surface area contributed by atoms with Crippen molar-refractivity contribution in [2.75, 3.05) is 19.4 Å². The van der Waals surface area contributed by atoms with Gasteiger partial charge >= 0.3 is 6.03 Å². The molecule has 0 atom stereocenters. The SMILES string of the molecule is CN(C)C(=O)Nc1ccc(-c2cccnc2)cc1. The summed E-state index contributed by atoms with van der Waals surface area (Å²) in [7, 11) is 3.42. The molecule has 0 fully saturated rings. The van der Waals surface area contributed by atoms with E-state index in [0.29, 0.717) is 0 Å². The van der Waals surface area contributed by atoms with Crippen LogP contribution in [0, 0.1) is 0 Å². The molecule has 1 aromatic carbocycles. The van der Waals surface area contributed by atoms with Crippen LogP contribution in [0.3, 0.4) is 0 Å². The molecule has 1 heterocycles. The van der Waals surface area contributed by atoms with Gasteiger partial charge in [0.05, 0.1) is 0 Å². The lowest BCUT2D eigenvalue weighted by Gasteiger charge is -2.12. The van der Waals surface area contributed by atoms with E-state index in [9.17, 15) is 4.79 Å². The van der Waals surface area contributed by atoms with Gasteiger partial charge in [0.25, 0.3) is 0 Å². The highest BCUT2D eigenvalue weighted by molar-refractivity contribution is 5.89. The molecule has 0 unspecified atom stereocenters. The molecular formula is C14H15N3O. The standard InChI is InChI=1S/C14H15N3O/c1-17(2)14(18)16-13-7-5-11(6-8-13)12-4-3-9-15-10-12/h3-10H,1-2H3,(H,16,18). The van der Waals surface area contributed by atoms with Gasteiger partial charge in [-0.15, -0.1) is 0 Å². The Labute approximate surface area is 106 Å². The van der Waals surface area contributed by atoms with Crippen molar-refractivity contribution >= 4 is 11.7 Å². The van der Waals surface area contributed by atoms with Gasteiger partial charge in [0.1, 0.15) is 0 Å². The molecule has 0 radical (unpaired) electrons.